The van der Waals surface area contributed by atoms with Crippen LogP contribution in [0.5, 0.6) is 5.75 Å². The molecule has 2 rings (SSSR count). The van der Waals surface area contributed by atoms with Gasteiger partial charge in [0.1, 0.15) is 12.3 Å². The lowest BCUT2D eigenvalue weighted by Gasteiger charge is -2.24. The van der Waals surface area contributed by atoms with Crippen molar-refractivity contribution in [1.29, 1.82) is 0 Å². The molecule has 140 valence electrons. The molecule has 0 radical (unpaired) electrons. The van der Waals surface area contributed by atoms with E-state index in [9.17, 15) is 13.2 Å². The van der Waals surface area contributed by atoms with Gasteiger partial charge in [-0.1, -0.05) is 25.1 Å². The van der Waals surface area contributed by atoms with E-state index in [1.54, 1.807) is 36.4 Å². The van der Waals surface area contributed by atoms with E-state index in [1.165, 1.54) is 0 Å². The van der Waals surface area contributed by atoms with Gasteiger partial charge >= 0.3 is 0 Å². The highest BCUT2D eigenvalue weighted by molar-refractivity contribution is 7.92. The van der Waals surface area contributed by atoms with E-state index in [0.29, 0.717) is 30.2 Å². The fraction of sp³-hybridized carbons (Fsp3) is 0.316. The number of hydrogen-bond donors (Lipinski definition) is 1. The van der Waals surface area contributed by atoms with Crippen LogP contribution in [0.2, 0.25) is 0 Å². The van der Waals surface area contributed by atoms with Gasteiger partial charge in [-0.2, -0.15) is 0 Å². The maximum Gasteiger partial charge on any atom is 0.245 e. The number of nitrogens with zero attached hydrogens (tertiary/aromatic N) is 1. The molecule has 0 saturated heterocycles. The van der Waals surface area contributed by atoms with Crippen LogP contribution in [0.15, 0.2) is 48.5 Å². The van der Waals surface area contributed by atoms with Crippen molar-refractivity contribution in [2.75, 3.05) is 29.0 Å². The fourth-order valence-corrected chi connectivity index (χ4v) is 3.45. The summed E-state index contributed by atoms with van der Waals surface area (Å²) in [5, 5.41) is 2.72. The van der Waals surface area contributed by atoms with Crippen LogP contribution >= 0.6 is 0 Å². The Labute approximate surface area is 154 Å². The third-order valence-electron chi connectivity index (χ3n) is 3.78. The number of anilines is 2. The van der Waals surface area contributed by atoms with Crippen LogP contribution < -0.4 is 14.4 Å². The lowest BCUT2D eigenvalue weighted by Crippen LogP contribution is -2.38. The number of benzene rings is 2. The third-order valence-corrected chi connectivity index (χ3v) is 4.90. The number of para-hydroxylation sites is 1. The summed E-state index contributed by atoms with van der Waals surface area (Å²) in [5.41, 5.74) is 1.97. The van der Waals surface area contributed by atoms with Crippen molar-refractivity contribution in [1.82, 2.24) is 0 Å². The standard InChI is InChI=1S/C19H24N2O4S/c1-4-15-8-6-7-9-18(15)21(26(3,23)24)14-19(22)20-16-10-12-17(13-11-16)25-5-2/h6-13H,4-5,14H2,1-3H3,(H,20,22). The van der Waals surface area contributed by atoms with Crippen LogP contribution in [0.25, 0.3) is 0 Å². The molecule has 0 aliphatic heterocycles. The van der Waals surface area contributed by atoms with Gasteiger partial charge in [-0.15, -0.1) is 0 Å². The van der Waals surface area contributed by atoms with Gasteiger partial charge in [0.15, 0.2) is 0 Å². The second kappa shape index (κ2) is 8.71. The quantitative estimate of drug-likeness (QED) is 0.768. The van der Waals surface area contributed by atoms with Crippen LogP contribution in [0, 0.1) is 0 Å². The number of aryl methyl sites for hydroxylation is 1. The average Bonchev–Trinajstić information content (AvgIpc) is 2.60. The van der Waals surface area contributed by atoms with Gasteiger partial charge in [0.05, 0.1) is 18.6 Å². The SMILES string of the molecule is CCOc1ccc(NC(=O)CN(c2ccccc2CC)S(C)(=O)=O)cc1. The Morgan fingerprint density at radius 1 is 1.08 bits per heavy atom. The number of carbonyl (C=O) groups is 1. The minimum absolute atomic E-state index is 0.289. The normalized spacial score (nSPS) is 11.0. The largest absolute Gasteiger partial charge is 0.494 e. The second-order valence-corrected chi connectivity index (χ2v) is 7.66. The Bertz CT molecular complexity index is 848. The Kier molecular flexibility index (Phi) is 6.63. The lowest BCUT2D eigenvalue weighted by atomic mass is 10.1. The Morgan fingerprint density at radius 3 is 2.31 bits per heavy atom. The zero-order valence-corrected chi connectivity index (χ0v) is 16.0. The highest BCUT2D eigenvalue weighted by Crippen LogP contribution is 2.23. The third kappa shape index (κ3) is 5.23. The van der Waals surface area contributed by atoms with Gasteiger partial charge in [0.2, 0.25) is 15.9 Å². The summed E-state index contributed by atoms with van der Waals surface area (Å²) < 4.78 is 31.0. The first-order valence-corrected chi connectivity index (χ1v) is 10.3. The molecule has 0 saturated carbocycles. The smallest absolute Gasteiger partial charge is 0.245 e. The Balaban J connectivity index is 2.17. The van der Waals surface area contributed by atoms with Crippen molar-refractivity contribution < 1.29 is 17.9 Å². The molecule has 0 aliphatic carbocycles. The molecule has 0 aromatic heterocycles. The molecular formula is C19H24N2O4S. The van der Waals surface area contributed by atoms with Gasteiger partial charge in [-0.3, -0.25) is 9.10 Å². The number of carbonyl (C=O) groups excluding carboxylic acids is 1. The zero-order chi connectivity index (χ0) is 19.2. The first kappa shape index (κ1) is 19.8. The van der Waals surface area contributed by atoms with Crippen molar-refractivity contribution in [2.45, 2.75) is 20.3 Å². The van der Waals surface area contributed by atoms with Crippen molar-refractivity contribution >= 4 is 27.3 Å². The fourth-order valence-electron chi connectivity index (χ4n) is 2.57. The van der Waals surface area contributed by atoms with Gasteiger partial charge in [0.25, 0.3) is 0 Å². The molecule has 7 heteroatoms. The summed E-state index contributed by atoms with van der Waals surface area (Å²) in [6.07, 6.45) is 1.77. The number of hydrogen-bond acceptors (Lipinski definition) is 4. The van der Waals surface area contributed by atoms with Crippen LogP contribution in [0.4, 0.5) is 11.4 Å². The van der Waals surface area contributed by atoms with Crippen LogP contribution in [-0.4, -0.2) is 33.7 Å². The summed E-state index contributed by atoms with van der Waals surface area (Å²) in [5.74, 6) is 0.297. The zero-order valence-electron chi connectivity index (χ0n) is 15.2. The van der Waals surface area contributed by atoms with E-state index in [0.717, 1.165) is 16.1 Å². The maximum absolute atomic E-state index is 12.4. The van der Waals surface area contributed by atoms with E-state index >= 15 is 0 Å². The first-order chi connectivity index (χ1) is 12.3. The molecule has 26 heavy (non-hydrogen) atoms. The molecule has 6 nitrogen and oxygen atoms in total. The summed E-state index contributed by atoms with van der Waals surface area (Å²) in [7, 11) is -3.60. The van der Waals surface area contributed by atoms with Crippen molar-refractivity contribution in [3.63, 3.8) is 0 Å². The monoisotopic (exact) mass is 376 g/mol. The van der Waals surface area contributed by atoms with E-state index < -0.39 is 15.9 Å². The molecule has 0 atom stereocenters. The number of amides is 1. The lowest BCUT2D eigenvalue weighted by molar-refractivity contribution is -0.114. The predicted octanol–water partition coefficient (Wildman–Crippen LogP) is 3.05. The van der Waals surface area contributed by atoms with Gasteiger partial charge < -0.3 is 10.1 Å². The van der Waals surface area contributed by atoms with Crippen molar-refractivity contribution in [3.8, 4) is 5.75 Å². The van der Waals surface area contributed by atoms with Crippen LogP contribution in [0.3, 0.4) is 0 Å². The topological polar surface area (TPSA) is 75.7 Å². The molecule has 0 aliphatic rings. The number of ether oxygens (including phenoxy) is 1. The second-order valence-electron chi connectivity index (χ2n) is 5.76. The molecule has 0 fully saturated rings. The summed E-state index contributed by atoms with van der Waals surface area (Å²) in [6, 6.07) is 14.1. The average molecular weight is 376 g/mol. The molecule has 2 aromatic rings. The summed E-state index contributed by atoms with van der Waals surface area (Å²) in [6.45, 7) is 4.11. The minimum Gasteiger partial charge on any atom is -0.494 e. The molecule has 1 amide bonds. The molecule has 0 bridgehead atoms. The minimum atomic E-state index is -3.60. The predicted molar refractivity (Wildman–Crippen MR) is 104 cm³/mol. The maximum atomic E-state index is 12.4. The molecule has 0 spiro atoms. The Hall–Kier alpha value is -2.54. The number of nitrogens with one attached hydrogen (secondary N) is 1. The summed E-state index contributed by atoms with van der Waals surface area (Å²) >= 11 is 0. The van der Waals surface area contributed by atoms with E-state index in [-0.39, 0.29) is 6.54 Å². The Morgan fingerprint density at radius 2 is 1.73 bits per heavy atom. The molecule has 2 aromatic carbocycles. The molecular weight excluding hydrogens is 352 g/mol. The highest BCUT2D eigenvalue weighted by atomic mass is 32.2. The molecule has 0 heterocycles. The van der Waals surface area contributed by atoms with Gasteiger partial charge in [0, 0.05) is 5.69 Å². The summed E-state index contributed by atoms with van der Waals surface area (Å²) in [4.78, 5) is 12.4. The van der Waals surface area contributed by atoms with E-state index in [2.05, 4.69) is 5.32 Å². The number of rotatable bonds is 8. The van der Waals surface area contributed by atoms with E-state index in [4.69, 9.17) is 4.74 Å². The molecule has 1 N–H and O–H groups in total. The molecule has 0 unspecified atom stereocenters. The number of sulfonamides is 1. The van der Waals surface area contributed by atoms with E-state index in [1.807, 2.05) is 26.0 Å². The van der Waals surface area contributed by atoms with Gasteiger partial charge in [-0.25, -0.2) is 8.42 Å². The first-order valence-electron chi connectivity index (χ1n) is 8.43. The highest BCUT2D eigenvalue weighted by Gasteiger charge is 2.22. The van der Waals surface area contributed by atoms with Crippen LogP contribution in [-0.2, 0) is 21.2 Å². The van der Waals surface area contributed by atoms with Crippen LogP contribution in [0.1, 0.15) is 19.4 Å². The van der Waals surface area contributed by atoms with Crippen molar-refractivity contribution in [3.05, 3.63) is 54.1 Å². The van der Waals surface area contributed by atoms with Crippen molar-refractivity contribution in [2.24, 2.45) is 0 Å². The van der Waals surface area contributed by atoms with Gasteiger partial charge in [-0.05, 0) is 49.2 Å².